The highest BCUT2D eigenvalue weighted by Crippen LogP contribution is 2.30. The first-order valence-corrected chi connectivity index (χ1v) is 13.4. The number of hydrogen-bond donors (Lipinski definition) is 1. The van der Waals surface area contributed by atoms with Crippen LogP contribution >= 0.6 is 0 Å². The Bertz CT molecular complexity index is 1240. The van der Waals surface area contributed by atoms with Gasteiger partial charge in [0.15, 0.2) is 18.2 Å². The summed E-state index contributed by atoms with van der Waals surface area (Å²) in [6, 6.07) is 15.5. The summed E-state index contributed by atoms with van der Waals surface area (Å²) in [6.07, 6.45) is 3.36. The van der Waals surface area contributed by atoms with Crippen LogP contribution in [0.1, 0.15) is 49.1 Å². The van der Waals surface area contributed by atoms with Crippen LogP contribution in [0.5, 0.6) is 5.75 Å². The van der Waals surface area contributed by atoms with Gasteiger partial charge < -0.3 is 15.0 Å². The number of hydrogen-bond acceptors (Lipinski definition) is 3. The molecule has 4 rings (SSSR count). The van der Waals surface area contributed by atoms with Crippen LogP contribution < -0.4 is 10.1 Å². The average molecular weight is 557 g/mol. The molecule has 3 aromatic rings. The Morgan fingerprint density at radius 2 is 1.50 bits per heavy atom. The van der Waals surface area contributed by atoms with Crippen molar-refractivity contribution < 1.29 is 31.9 Å². The molecule has 1 fully saturated rings. The van der Waals surface area contributed by atoms with Crippen LogP contribution in [0.15, 0.2) is 66.7 Å². The summed E-state index contributed by atoms with van der Waals surface area (Å²) in [6.45, 7) is 1.13. The number of amides is 2. The number of nitrogens with one attached hydrogen (secondary N) is 1. The van der Waals surface area contributed by atoms with E-state index in [2.05, 4.69) is 5.32 Å². The number of unbranched alkanes of at least 4 members (excludes halogenated alkanes) is 1. The van der Waals surface area contributed by atoms with E-state index in [1.165, 1.54) is 24.3 Å². The molecule has 1 saturated heterocycles. The van der Waals surface area contributed by atoms with E-state index in [-0.39, 0.29) is 35.1 Å². The lowest BCUT2D eigenvalue weighted by Crippen LogP contribution is -2.35. The summed E-state index contributed by atoms with van der Waals surface area (Å²) < 4.78 is 58.6. The summed E-state index contributed by atoms with van der Waals surface area (Å²) >= 11 is 0. The molecule has 1 aliphatic rings. The molecular weight excluding hydrogens is 524 g/mol. The number of nitrogens with zero attached hydrogens (tertiary/aromatic N) is 1. The number of carbonyl (C=O) groups is 2. The maximum absolute atomic E-state index is 13.6. The van der Waals surface area contributed by atoms with Gasteiger partial charge in [-0.1, -0.05) is 30.7 Å². The SMILES string of the molecule is O=C(COc1ccc(F)cc1F)NCC1CCN(C(=O)CCCCC(c2ccc(F)cc2)c2ccc(F)cc2)C1. The number of ether oxygens (including phenoxy) is 1. The molecule has 212 valence electrons. The van der Waals surface area contributed by atoms with Crippen LogP contribution in [0.25, 0.3) is 0 Å². The Morgan fingerprint density at radius 3 is 2.12 bits per heavy atom. The fourth-order valence-electron chi connectivity index (χ4n) is 4.97. The summed E-state index contributed by atoms with van der Waals surface area (Å²) in [5.41, 5.74) is 1.88. The van der Waals surface area contributed by atoms with Gasteiger partial charge in [0.1, 0.15) is 17.5 Å². The second-order valence-electron chi connectivity index (χ2n) is 10.1. The topological polar surface area (TPSA) is 58.6 Å². The Hall–Kier alpha value is -3.88. The van der Waals surface area contributed by atoms with Crippen molar-refractivity contribution in [2.24, 2.45) is 5.92 Å². The van der Waals surface area contributed by atoms with Crippen LogP contribution in [-0.2, 0) is 9.59 Å². The van der Waals surface area contributed by atoms with Gasteiger partial charge in [-0.05, 0) is 72.7 Å². The molecule has 1 heterocycles. The van der Waals surface area contributed by atoms with Crippen molar-refractivity contribution in [1.29, 1.82) is 0 Å². The second-order valence-corrected chi connectivity index (χ2v) is 10.1. The predicted octanol–water partition coefficient (Wildman–Crippen LogP) is 5.98. The van der Waals surface area contributed by atoms with Gasteiger partial charge in [0.2, 0.25) is 5.91 Å². The van der Waals surface area contributed by atoms with Gasteiger partial charge in [-0.3, -0.25) is 9.59 Å². The molecule has 1 N–H and O–H groups in total. The summed E-state index contributed by atoms with van der Waals surface area (Å²) in [4.78, 5) is 26.7. The van der Waals surface area contributed by atoms with E-state index in [1.54, 1.807) is 29.2 Å². The quantitative estimate of drug-likeness (QED) is 0.221. The zero-order valence-electron chi connectivity index (χ0n) is 22.1. The fraction of sp³-hybridized carbons (Fsp3) is 0.355. The number of halogens is 4. The Morgan fingerprint density at radius 1 is 0.875 bits per heavy atom. The Kier molecular flexibility index (Phi) is 10.2. The number of carbonyl (C=O) groups excluding carboxylic acids is 2. The number of benzene rings is 3. The van der Waals surface area contributed by atoms with Crippen LogP contribution in [0.4, 0.5) is 17.6 Å². The third kappa shape index (κ3) is 8.31. The van der Waals surface area contributed by atoms with Gasteiger partial charge in [0.25, 0.3) is 5.91 Å². The molecule has 1 aliphatic heterocycles. The maximum atomic E-state index is 13.6. The molecule has 9 heteroatoms. The summed E-state index contributed by atoms with van der Waals surface area (Å²) in [7, 11) is 0. The zero-order chi connectivity index (χ0) is 28.5. The molecule has 0 bridgehead atoms. The zero-order valence-corrected chi connectivity index (χ0v) is 22.1. The highest BCUT2D eigenvalue weighted by molar-refractivity contribution is 5.78. The van der Waals surface area contributed by atoms with Crippen molar-refractivity contribution in [3.63, 3.8) is 0 Å². The molecule has 0 spiro atoms. The minimum Gasteiger partial charge on any atom is -0.481 e. The highest BCUT2D eigenvalue weighted by atomic mass is 19.1. The van der Waals surface area contributed by atoms with Crippen LogP contribution in [-0.4, -0.2) is 43.0 Å². The normalized spacial score (nSPS) is 14.9. The predicted molar refractivity (Wildman–Crippen MR) is 143 cm³/mol. The molecule has 0 aliphatic carbocycles. The number of likely N-dealkylation sites (tertiary alicyclic amines) is 1. The first kappa shape index (κ1) is 29.1. The van der Waals surface area contributed by atoms with Crippen molar-refractivity contribution in [1.82, 2.24) is 10.2 Å². The molecule has 2 amide bonds. The minimum absolute atomic E-state index is 0.0281. The van der Waals surface area contributed by atoms with Crippen LogP contribution in [0, 0.1) is 29.2 Å². The van der Waals surface area contributed by atoms with Crippen molar-refractivity contribution in [2.75, 3.05) is 26.2 Å². The van der Waals surface area contributed by atoms with E-state index in [0.717, 1.165) is 42.5 Å². The van der Waals surface area contributed by atoms with Gasteiger partial charge in [-0.25, -0.2) is 17.6 Å². The highest BCUT2D eigenvalue weighted by Gasteiger charge is 2.26. The standard InChI is InChI=1S/C31H32F4N2O3/c32-24-9-5-22(6-10-24)27(23-7-11-25(33)12-8-23)3-1-2-4-31(39)37-16-15-21(19-37)18-36-30(38)20-40-29-14-13-26(34)17-28(29)35/h5-14,17,21,27H,1-4,15-16,18-20H2,(H,36,38). The first-order valence-electron chi connectivity index (χ1n) is 13.4. The van der Waals surface area contributed by atoms with Crippen molar-refractivity contribution in [3.8, 4) is 5.75 Å². The fourth-order valence-corrected chi connectivity index (χ4v) is 4.97. The smallest absolute Gasteiger partial charge is 0.257 e. The number of rotatable bonds is 12. The van der Waals surface area contributed by atoms with E-state index in [1.807, 2.05) is 0 Å². The van der Waals surface area contributed by atoms with E-state index in [9.17, 15) is 27.2 Å². The van der Waals surface area contributed by atoms with Gasteiger partial charge in [-0.15, -0.1) is 0 Å². The lowest BCUT2D eigenvalue weighted by Gasteiger charge is -2.19. The van der Waals surface area contributed by atoms with E-state index in [4.69, 9.17) is 4.74 Å². The lowest BCUT2D eigenvalue weighted by atomic mass is 9.87. The van der Waals surface area contributed by atoms with Crippen LogP contribution in [0.3, 0.4) is 0 Å². The average Bonchev–Trinajstić information content (AvgIpc) is 3.42. The van der Waals surface area contributed by atoms with E-state index in [0.29, 0.717) is 38.5 Å². The van der Waals surface area contributed by atoms with Crippen molar-refractivity contribution in [2.45, 2.75) is 38.0 Å². The molecule has 0 aromatic heterocycles. The van der Waals surface area contributed by atoms with E-state index >= 15 is 0 Å². The Labute approximate surface area is 231 Å². The second kappa shape index (κ2) is 14.0. The Balaban J connectivity index is 1.17. The molecule has 1 unspecified atom stereocenters. The first-order chi connectivity index (χ1) is 19.3. The molecule has 0 radical (unpaired) electrons. The largest absolute Gasteiger partial charge is 0.481 e. The van der Waals surface area contributed by atoms with Crippen molar-refractivity contribution in [3.05, 3.63) is 101 Å². The summed E-state index contributed by atoms with van der Waals surface area (Å²) in [5.74, 6) is -2.72. The molecule has 1 atom stereocenters. The lowest BCUT2D eigenvalue weighted by molar-refractivity contribution is -0.130. The third-order valence-electron chi connectivity index (χ3n) is 7.16. The van der Waals surface area contributed by atoms with Gasteiger partial charge in [-0.2, -0.15) is 0 Å². The third-order valence-corrected chi connectivity index (χ3v) is 7.16. The molecule has 40 heavy (non-hydrogen) atoms. The summed E-state index contributed by atoms with van der Waals surface area (Å²) in [5, 5.41) is 2.74. The van der Waals surface area contributed by atoms with Gasteiger partial charge in [0, 0.05) is 38.0 Å². The van der Waals surface area contributed by atoms with Crippen LogP contribution in [0.2, 0.25) is 0 Å². The molecular formula is C31H32F4N2O3. The molecule has 0 saturated carbocycles. The van der Waals surface area contributed by atoms with Gasteiger partial charge >= 0.3 is 0 Å². The van der Waals surface area contributed by atoms with E-state index < -0.39 is 24.1 Å². The minimum atomic E-state index is -0.876. The monoisotopic (exact) mass is 556 g/mol. The van der Waals surface area contributed by atoms with Crippen molar-refractivity contribution >= 4 is 11.8 Å². The molecule has 5 nitrogen and oxygen atoms in total. The van der Waals surface area contributed by atoms with Gasteiger partial charge in [0.05, 0.1) is 0 Å². The molecule has 3 aromatic carbocycles. The maximum Gasteiger partial charge on any atom is 0.257 e.